The molecule has 7 heteroatoms. The van der Waals surface area contributed by atoms with Crippen LogP contribution in [0.4, 0.5) is 0 Å². The smallest absolute Gasteiger partial charge is 0.320 e. The molecule has 1 saturated heterocycles. The molecule has 1 atom stereocenters. The van der Waals surface area contributed by atoms with Crippen molar-refractivity contribution >= 4 is 35.9 Å². The monoisotopic (exact) mass is 346 g/mol. The number of likely N-dealkylation sites (tertiary alicyclic amines) is 1. The van der Waals surface area contributed by atoms with Crippen molar-refractivity contribution in [3.8, 4) is 0 Å². The first kappa shape index (κ1) is 18.7. The van der Waals surface area contributed by atoms with E-state index in [1.807, 2.05) is 24.3 Å². The maximum absolute atomic E-state index is 11.8. The highest BCUT2D eigenvalue weighted by Crippen LogP contribution is 2.16. The maximum Gasteiger partial charge on any atom is 0.320 e. The van der Waals surface area contributed by atoms with E-state index in [2.05, 4.69) is 5.32 Å². The van der Waals surface area contributed by atoms with Crippen molar-refractivity contribution in [2.24, 2.45) is 0 Å². The summed E-state index contributed by atoms with van der Waals surface area (Å²) in [5.41, 5.74) is 1.10. The minimum absolute atomic E-state index is 0. The normalized spacial score (nSPS) is 17.8. The van der Waals surface area contributed by atoms with Crippen molar-refractivity contribution < 1.29 is 14.7 Å². The molecule has 1 fully saturated rings. The summed E-state index contributed by atoms with van der Waals surface area (Å²) in [6, 6.07) is 6.97. The number of amides is 1. The van der Waals surface area contributed by atoms with Gasteiger partial charge in [-0.25, -0.2) is 0 Å². The number of hydrogen-bond donors (Lipinski definition) is 2. The maximum atomic E-state index is 11.8. The molecule has 22 heavy (non-hydrogen) atoms. The lowest BCUT2D eigenvalue weighted by Gasteiger charge is -2.20. The van der Waals surface area contributed by atoms with Crippen LogP contribution in [0.1, 0.15) is 18.4 Å². The quantitative estimate of drug-likeness (QED) is 0.826. The Morgan fingerprint density at radius 3 is 2.64 bits per heavy atom. The summed E-state index contributed by atoms with van der Waals surface area (Å²) in [5, 5.41) is 12.6. The summed E-state index contributed by atoms with van der Waals surface area (Å²) < 4.78 is 0. The van der Waals surface area contributed by atoms with Gasteiger partial charge in [0.2, 0.25) is 5.91 Å². The first-order valence-electron chi connectivity index (χ1n) is 7.04. The van der Waals surface area contributed by atoms with Crippen LogP contribution < -0.4 is 5.32 Å². The summed E-state index contributed by atoms with van der Waals surface area (Å²) >= 11 is 5.81. The molecule has 1 heterocycles. The molecule has 0 bridgehead atoms. The standard InChI is InChI=1S/C15H19ClN2O3.ClH/c16-12-5-3-11(4-6-12)7-8-17-14(19)10-18-9-1-2-13(18)15(20)21;/h3-6,13H,1-2,7-10H2,(H,17,19)(H,20,21);1H. The second kappa shape index (κ2) is 8.98. The number of halogens is 2. The van der Waals surface area contributed by atoms with E-state index >= 15 is 0 Å². The number of hydrogen-bond acceptors (Lipinski definition) is 3. The molecule has 0 aliphatic carbocycles. The van der Waals surface area contributed by atoms with Gasteiger partial charge in [0.15, 0.2) is 0 Å². The highest BCUT2D eigenvalue weighted by Gasteiger charge is 2.31. The van der Waals surface area contributed by atoms with E-state index in [1.165, 1.54) is 0 Å². The van der Waals surface area contributed by atoms with E-state index < -0.39 is 12.0 Å². The Labute approximate surface area is 141 Å². The zero-order valence-corrected chi connectivity index (χ0v) is 13.7. The van der Waals surface area contributed by atoms with Gasteiger partial charge in [0, 0.05) is 11.6 Å². The van der Waals surface area contributed by atoms with E-state index in [4.69, 9.17) is 16.7 Å². The number of aliphatic carboxylic acids is 1. The molecule has 2 rings (SSSR count). The predicted molar refractivity (Wildman–Crippen MR) is 87.6 cm³/mol. The van der Waals surface area contributed by atoms with Gasteiger partial charge < -0.3 is 10.4 Å². The zero-order chi connectivity index (χ0) is 15.2. The van der Waals surface area contributed by atoms with Crippen molar-refractivity contribution in [2.75, 3.05) is 19.6 Å². The second-order valence-electron chi connectivity index (χ2n) is 5.19. The largest absolute Gasteiger partial charge is 0.480 e. The van der Waals surface area contributed by atoms with Crippen LogP contribution in [0.25, 0.3) is 0 Å². The van der Waals surface area contributed by atoms with Crippen molar-refractivity contribution in [3.05, 3.63) is 34.9 Å². The third kappa shape index (κ3) is 5.48. The fraction of sp³-hybridized carbons (Fsp3) is 0.467. The van der Waals surface area contributed by atoms with Crippen LogP contribution in [0.15, 0.2) is 24.3 Å². The van der Waals surface area contributed by atoms with Crippen LogP contribution in [0.3, 0.4) is 0 Å². The van der Waals surface area contributed by atoms with Crippen LogP contribution in [-0.4, -0.2) is 47.6 Å². The van der Waals surface area contributed by atoms with Crippen molar-refractivity contribution in [1.29, 1.82) is 0 Å². The van der Waals surface area contributed by atoms with E-state index in [0.717, 1.165) is 18.4 Å². The molecule has 1 aliphatic rings. The third-order valence-electron chi connectivity index (χ3n) is 3.64. The molecule has 5 nitrogen and oxygen atoms in total. The molecular weight excluding hydrogens is 327 g/mol. The Morgan fingerprint density at radius 2 is 2.00 bits per heavy atom. The summed E-state index contributed by atoms with van der Waals surface area (Å²) in [7, 11) is 0. The molecule has 1 unspecified atom stereocenters. The minimum atomic E-state index is -0.846. The Hall–Kier alpha value is -1.30. The highest BCUT2D eigenvalue weighted by atomic mass is 35.5. The van der Waals surface area contributed by atoms with E-state index in [1.54, 1.807) is 4.90 Å². The van der Waals surface area contributed by atoms with E-state index in [-0.39, 0.29) is 24.9 Å². The van der Waals surface area contributed by atoms with Crippen LogP contribution in [0.5, 0.6) is 0 Å². The highest BCUT2D eigenvalue weighted by molar-refractivity contribution is 6.30. The SMILES string of the molecule is Cl.O=C(CN1CCCC1C(=O)O)NCCc1ccc(Cl)cc1. The number of nitrogens with zero attached hydrogens (tertiary/aromatic N) is 1. The molecule has 1 amide bonds. The van der Waals surface area contributed by atoms with Gasteiger partial charge in [-0.3, -0.25) is 14.5 Å². The van der Waals surface area contributed by atoms with Gasteiger partial charge in [-0.05, 0) is 43.5 Å². The average molecular weight is 347 g/mol. The number of nitrogens with one attached hydrogen (secondary N) is 1. The lowest BCUT2D eigenvalue weighted by Crippen LogP contribution is -2.43. The van der Waals surface area contributed by atoms with E-state index in [0.29, 0.717) is 24.5 Å². The van der Waals surface area contributed by atoms with Crippen LogP contribution in [0, 0.1) is 0 Å². The topological polar surface area (TPSA) is 69.6 Å². The number of carbonyl (C=O) groups is 2. The Kier molecular flexibility index (Phi) is 7.65. The minimum Gasteiger partial charge on any atom is -0.480 e. The molecule has 0 aromatic heterocycles. The first-order valence-corrected chi connectivity index (χ1v) is 7.42. The van der Waals surface area contributed by atoms with Crippen molar-refractivity contribution in [2.45, 2.75) is 25.3 Å². The fourth-order valence-electron chi connectivity index (χ4n) is 2.53. The summed E-state index contributed by atoms with van der Waals surface area (Å²) in [6.45, 7) is 1.35. The van der Waals surface area contributed by atoms with Gasteiger partial charge in [-0.1, -0.05) is 23.7 Å². The molecule has 2 N–H and O–H groups in total. The summed E-state index contributed by atoms with van der Waals surface area (Å²) in [6.07, 6.45) is 2.17. The van der Waals surface area contributed by atoms with Gasteiger partial charge in [0.1, 0.15) is 6.04 Å². The predicted octanol–water partition coefficient (Wildman–Crippen LogP) is 1.97. The molecular formula is C15H20Cl2N2O3. The van der Waals surface area contributed by atoms with Gasteiger partial charge in [0.05, 0.1) is 6.54 Å². The Balaban J connectivity index is 0.00000242. The van der Waals surface area contributed by atoms with Gasteiger partial charge in [-0.2, -0.15) is 0 Å². The third-order valence-corrected chi connectivity index (χ3v) is 3.90. The number of carboxylic acids is 1. The molecule has 122 valence electrons. The first-order chi connectivity index (χ1) is 10.1. The molecule has 0 radical (unpaired) electrons. The number of benzene rings is 1. The molecule has 1 aromatic rings. The number of rotatable bonds is 6. The summed E-state index contributed by atoms with van der Waals surface area (Å²) in [5.74, 6) is -0.974. The molecule has 0 saturated carbocycles. The van der Waals surface area contributed by atoms with Gasteiger partial charge >= 0.3 is 5.97 Å². The van der Waals surface area contributed by atoms with Gasteiger partial charge in [0.25, 0.3) is 0 Å². The van der Waals surface area contributed by atoms with Crippen molar-refractivity contribution in [1.82, 2.24) is 10.2 Å². The lowest BCUT2D eigenvalue weighted by atomic mass is 10.1. The van der Waals surface area contributed by atoms with E-state index in [9.17, 15) is 9.59 Å². The number of carbonyl (C=O) groups excluding carboxylic acids is 1. The fourth-order valence-corrected chi connectivity index (χ4v) is 2.66. The molecule has 1 aromatic carbocycles. The van der Waals surface area contributed by atoms with Gasteiger partial charge in [-0.15, -0.1) is 12.4 Å². The Bertz CT molecular complexity index is 508. The average Bonchev–Trinajstić information content (AvgIpc) is 2.89. The lowest BCUT2D eigenvalue weighted by molar-refractivity contribution is -0.142. The molecule has 1 aliphatic heterocycles. The van der Waals surface area contributed by atoms with Crippen LogP contribution in [0.2, 0.25) is 5.02 Å². The molecule has 0 spiro atoms. The zero-order valence-electron chi connectivity index (χ0n) is 12.1. The van der Waals surface area contributed by atoms with Crippen LogP contribution >= 0.6 is 24.0 Å². The Morgan fingerprint density at radius 1 is 1.32 bits per heavy atom. The second-order valence-corrected chi connectivity index (χ2v) is 5.63. The van der Waals surface area contributed by atoms with Crippen molar-refractivity contribution in [3.63, 3.8) is 0 Å². The number of carboxylic acid groups (broad SMARTS) is 1. The summed E-state index contributed by atoms with van der Waals surface area (Å²) in [4.78, 5) is 24.6. The van der Waals surface area contributed by atoms with Crippen LogP contribution in [-0.2, 0) is 16.0 Å².